The van der Waals surface area contributed by atoms with Gasteiger partial charge in [0, 0.05) is 12.3 Å². The summed E-state index contributed by atoms with van der Waals surface area (Å²) < 4.78 is 13.0. The highest BCUT2D eigenvalue weighted by atomic mass is 31.2. The Labute approximate surface area is 109 Å². The summed E-state index contributed by atoms with van der Waals surface area (Å²) in [5.74, 6) is 0.111. The second-order valence-corrected chi connectivity index (χ2v) is 7.87. The average Bonchev–Trinajstić information content (AvgIpc) is 2.37. The lowest BCUT2D eigenvalue weighted by atomic mass is 10.3. The highest BCUT2D eigenvalue weighted by molar-refractivity contribution is 7.71. The van der Waals surface area contributed by atoms with Gasteiger partial charge in [-0.05, 0) is 31.0 Å². The van der Waals surface area contributed by atoms with Gasteiger partial charge in [0.15, 0.2) is 0 Å². The molecule has 0 saturated carbocycles. The number of rotatable bonds is 7. The molecule has 0 aliphatic heterocycles. The minimum absolute atomic E-state index is 0.0448. The third-order valence-corrected chi connectivity index (χ3v) is 6.46. The number of hydrogen-bond acceptors (Lipinski definition) is 3. The second kappa shape index (κ2) is 6.84. The van der Waals surface area contributed by atoms with E-state index in [1.54, 1.807) is 0 Å². The van der Waals surface area contributed by atoms with Crippen molar-refractivity contribution >= 4 is 12.4 Å². The summed E-state index contributed by atoms with van der Waals surface area (Å²) >= 11 is 0. The van der Waals surface area contributed by atoms with Crippen molar-refractivity contribution < 1.29 is 14.8 Å². The van der Waals surface area contributed by atoms with E-state index in [0.29, 0.717) is 17.6 Å². The fourth-order valence-electron chi connectivity index (χ4n) is 2.02. The fraction of sp³-hybridized carbons (Fsp3) is 0.571. The second-order valence-electron chi connectivity index (χ2n) is 4.72. The molecule has 0 heterocycles. The molecule has 0 amide bonds. The average molecular weight is 270 g/mol. The highest BCUT2D eigenvalue weighted by Crippen LogP contribution is 2.49. The van der Waals surface area contributed by atoms with Gasteiger partial charge in [-0.15, -0.1) is 0 Å². The molecule has 0 bridgehead atoms. The Bertz CT molecular complexity index is 417. The topological polar surface area (TPSA) is 57.5 Å². The number of phenolic OH excluding ortho intramolecular Hbond substituents is 2. The smallest absolute Gasteiger partial charge is 0.126 e. The van der Waals surface area contributed by atoms with Gasteiger partial charge in [-0.2, -0.15) is 0 Å². The van der Waals surface area contributed by atoms with E-state index in [2.05, 4.69) is 13.8 Å². The van der Waals surface area contributed by atoms with Crippen LogP contribution in [0.5, 0.6) is 11.5 Å². The Morgan fingerprint density at radius 2 is 1.61 bits per heavy atom. The van der Waals surface area contributed by atoms with Crippen LogP contribution in [0.4, 0.5) is 0 Å². The Morgan fingerprint density at radius 3 is 2.11 bits per heavy atom. The van der Waals surface area contributed by atoms with Crippen LogP contribution in [-0.4, -0.2) is 22.5 Å². The van der Waals surface area contributed by atoms with E-state index in [-0.39, 0.29) is 11.5 Å². The molecule has 0 radical (unpaired) electrons. The molecule has 1 aromatic rings. The minimum atomic E-state index is -2.58. The maximum Gasteiger partial charge on any atom is 0.126 e. The molecule has 0 aromatic heterocycles. The quantitative estimate of drug-likeness (QED) is 0.587. The summed E-state index contributed by atoms with van der Waals surface area (Å²) in [5, 5.41) is 19.9. The third-order valence-electron chi connectivity index (χ3n) is 3.14. The Hall–Kier alpha value is -0.950. The molecule has 1 aromatic carbocycles. The van der Waals surface area contributed by atoms with Crippen molar-refractivity contribution in [2.45, 2.75) is 39.5 Å². The molecule has 0 atom stereocenters. The van der Waals surface area contributed by atoms with Crippen LogP contribution in [0.25, 0.3) is 0 Å². The lowest BCUT2D eigenvalue weighted by Gasteiger charge is -2.19. The molecule has 0 saturated heterocycles. The first-order valence-electron chi connectivity index (χ1n) is 6.64. The zero-order valence-corrected chi connectivity index (χ0v) is 12.1. The summed E-state index contributed by atoms with van der Waals surface area (Å²) in [6, 6.07) is 4.31. The van der Waals surface area contributed by atoms with Crippen molar-refractivity contribution in [1.29, 1.82) is 0 Å². The Kier molecular flexibility index (Phi) is 5.74. The molecule has 4 heteroatoms. The molecule has 0 aliphatic carbocycles. The molecular formula is C14H23O3P. The van der Waals surface area contributed by atoms with Crippen LogP contribution >= 0.6 is 7.14 Å². The van der Waals surface area contributed by atoms with Gasteiger partial charge in [0.2, 0.25) is 0 Å². The molecule has 0 fully saturated rings. The van der Waals surface area contributed by atoms with Crippen molar-refractivity contribution in [3.8, 4) is 11.5 Å². The molecule has 3 nitrogen and oxygen atoms in total. The fourth-order valence-corrected chi connectivity index (χ4v) is 5.24. The van der Waals surface area contributed by atoms with E-state index >= 15 is 0 Å². The molecule has 18 heavy (non-hydrogen) atoms. The number of hydrogen-bond donors (Lipinski definition) is 2. The van der Waals surface area contributed by atoms with E-state index in [9.17, 15) is 14.8 Å². The van der Waals surface area contributed by atoms with Crippen molar-refractivity contribution in [2.24, 2.45) is 0 Å². The van der Waals surface area contributed by atoms with Gasteiger partial charge in [0.25, 0.3) is 0 Å². The standard InChI is InChI=1S/C14H23O3P/c1-3-5-9-18(17,10-6-4-2)14-11-12(15)7-8-13(14)16/h7-8,11,15-16H,3-6,9-10H2,1-2H3. The summed E-state index contributed by atoms with van der Waals surface area (Å²) in [4.78, 5) is 0. The molecule has 0 spiro atoms. The van der Waals surface area contributed by atoms with Crippen LogP contribution in [0, 0.1) is 0 Å². The summed E-state index contributed by atoms with van der Waals surface area (Å²) in [6.07, 6.45) is 4.96. The zero-order valence-electron chi connectivity index (χ0n) is 11.2. The Morgan fingerprint density at radius 1 is 1.06 bits per heavy atom. The van der Waals surface area contributed by atoms with Crippen LogP contribution in [0.3, 0.4) is 0 Å². The number of unbranched alkanes of at least 4 members (excludes halogenated alkanes) is 2. The van der Waals surface area contributed by atoms with Crippen molar-refractivity contribution in [1.82, 2.24) is 0 Å². The number of aromatic hydroxyl groups is 2. The molecule has 102 valence electrons. The summed E-state index contributed by atoms with van der Waals surface area (Å²) in [7, 11) is -2.58. The highest BCUT2D eigenvalue weighted by Gasteiger charge is 2.26. The van der Waals surface area contributed by atoms with Crippen molar-refractivity contribution in [2.75, 3.05) is 12.3 Å². The third kappa shape index (κ3) is 3.78. The van der Waals surface area contributed by atoms with Crippen LogP contribution in [-0.2, 0) is 4.57 Å². The molecule has 0 aliphatic rings. The lowest BCUT2D eigenvalue weighted by Crippen LogP contribution is -2.11. The van der Waals surface area contributed by atoms with Crippen LogP contribution < -0.4 is 5.30 Å². The molecule has 2 N–H and O–H groups in total. The maximum absolute atomic E-state index is 13.0. The first-order valence-corrected chi connectivity index (χ1v) is 8.72. The van der Waals surface area contributed by atoms with E-state index < -0.39 is 7.14 Å². The number of phenols is 2. The maximum atomic E-state index is 13.0. The largest absolute Gasteiger partial charge is 0.508 e. The summed E-state index contributed by atoms with van der Waals surface area (Å²) in [5.41, 5.74) is 0. The van der Waals surface area contributed by atoms with Gasteiger partial charge >= 0.3 is 0 Å². The zero-order chi connectivity index (χ0) is 13.6. The van der Waals surface area contributed by atoms with Gasteiger partial charge in [0.1, 0.15) is 18.6 Å². The van der Waals surface area contributed by atoms with E-state index in [0.717, 1.165) is 25.7 Å². The molecule has 1 rings (SSSR count). The van der Waals surface area contributed by atoms with Gasteiger partial charge in [0.05, 0.1) is 5.30 Å². The van der Waals surface area contributed by atoms with E-state index in [1.807, 2.05) is 0 Å². The van der Waals surface area contributed by atoms with Crippen LogP contribution in [0.2, 0.25) is 0 Å². The van der Waals surface area contributed by atoms with Gasteiger partial charge in [-0.1, -0.05) is 26.7 Å². The molecule has 0 unspecified atom stereocenters. The first kappa shape index (κ1) is 15.1. The summed E-state index contributed by atoms with van der Waals surface area (Å²) in [6.45, 7) is 4.12. The minimum Gasteiger partial charge on any atom is -0.508 e. The SMILES string of the molecule is CCCCP(=O)(CCCC)c1cc(O)ccc1O. The monoisotopic (exact) mass is 270 g/mol. The van der Waals surface area contributed by atoms with E-state index in [4.69, 9.17) is 0 Å². The van der Waals surface area contributed by atoms with Gasteiger partial charge < -0.3 is 14.8 Å². The van der Waals surface area contributed by atoms with Gasteiger partial charge in [-0.3, -0.25) is 0 Å². The normalized spacial score (nSPS) is 11.7. The van der Waals surface area contributed by atoms with Crippen LogP contribution in [0.15, 0.2) is 18.2 Å². The molecular weight excluding hydrogens is 247 g/mol. The predicted molar refractivity (Wildman–Crippen MR) is 76.6 cm³/mol. The van der Waals surface area contributed by atoms with Crippen molar-refractivity contribution in [3.63, 3.8) is 0 Å². The predicted octanol–water partition coefficient (Wildman–Crippen LogP) is 3.69. The number of benzene rings is 1. The van der Waals surface area contributed by atoms with Crippen molar-refractivity contribution in [3.05, 3.63) is 18.2 Å². The first-order chi connectivity index (χ1) is 8.53. The lowest BCUT2D eigenvalue weighted by molar-refractivity contribution is 0.463. The Balaban J connectivity index is 3.07. The van der Waals surface area contributed by atoms with Crippen LogP contribution in [0.1, 0.15) is 39.5 Å². The van der Waals surface area contributed by atoms with E-state index in [1.165, 1.54) is 18.2 Å². The van der Waals surface area contributed by atoms with Gasteiger partial charge in [-0.25, -0.2) is 0 Å².